The van der Waals surface area contributed by atoms with Crippen molar-refractivity contribution >= 4 is 11.6 Å². The fraction of sp³-hybridized carbons (Fsp3) is 0.533. The number of carbonyl (C=O) groups is 1. The number of amides is 1. The molecule has 1 aliphatic rings. The molecule has 2 unspecified atom stereocenters. The molecule has 0 aliphatic heterocycles. The van der Waals surface area contributed by atoms with E-state index < -0.39 is 5.82 Å². The summed E-state index contributed by atoms with van der Waals surface area (Å²) in [4.78, 5) is 12.1. The topological polar surface area (TPSA) is 55.1 Å². The van der Waals surface area contributed by atoms with Gasteiger partial charge in [0.25, 0.3) is 5.91 Å². The van der Waals surface area contributed by atoms with Crippen LogP contribution in [0.4, 0.5) is 10.1 Å². The number of hydrogen-bond acceptors (Lipinski definition) is 2. The number of nitrogen functional groups attached to an aromatic ring is 1. The van der Waals surface area contributed by atoms with Crippen molar-refractivity contribution in [2.24, 2.45) is 5.92 Å². The summed E-state index contributed by atoms with van der Waals surface area (Å²) in [6.07, 6.45) is 5.45. The average Bonchev–Trinajstić information content (AvgIpc) is 2.57. The van der Waals surface area contributed by atoms with Crippen molar-refractivity contribution in [3.8, 4) is 0 Å². The summed E-state index contributed by atoms with van der Waals surface area (Å²) in [6.45, 7) is 2.24. The summed E-state index contributed by atoms with van der Waals surface area (Å²) in [6, 6.07) is 4.07. The van der Waals surface area contributed by atoms with Crippen LogP contribution in [0.3, 0.4) is 0 Å². The van der Waals surface area contributed by atoms with Crippen LogP contribution in [0.1, 0.15) is 49.4 Å². The lowest BCUT2D eigenvalue weighted by Crippen LogP contribution is -2.34. The molecule has 2 rings (SSSR count). The molecule has 19 heavy (non-hydrogen) atoms. The first-order valence-corrected chi connectivity index (χ1v) is 6.92. The largest absolute Gasteiger partial charge is 0.398 e. The maximum absolute atomic E-state index is 13.2. The van der Waals surface area contributed by atoms with Crippen LogP contribution in [0.25, 0.3) is 0 Å². The molecule has 4 heteroatoms. The molecule has 3 nitrogen and oxygen atoms in total. The van der Waals surface area contributed by atoms with Gasteiger partial charge in [0.2, 0.25) is 0 Å². The van der Waals surface area contributed by atoms with E-state index in [0.29, 0.717) is 5.69 Å². The van der Waals surface area contributed by atoms with Crippen molar-refractivity contribution < 1.29 is 9.18 Å². The monoisotopic (exact) mass is 264 g/mol. The van der Waals surface area contributed by atoms with Crippen molar-refractivity contribution in [1.29, 1.82) is 0 Å². The third-order valence-corrected chi connectivity index (χ3v) is 3.85. The van der Waals surface area contributed by atoms with Crippen LogP contribution in [0.15, 0.2) is 18.2 Å². The third kappa shape index (κ3) is 3.69. The number of hydrogen-bond donors (Lipinski definition) is 2. The quantitative estimate of drug-likeness (QED) is 0.637. The Kier molecular flexibility index (Phi) is 4.40. The summed E-state index contributed by atoms with van der Waals surface area (Å²) in [5, 5.41) is 2.98. The zero-order chi connectivity index (χ0) is 13.8. The third-order valence-electron chi connectivity index (χ3n) is 3.85. The summed E-state index contributed by atoms with van der Waals surface area (Å²) >= 11 is 0. The molecule has 104 valence electrons. The van der Waals surface area contributed by atoms with Crippen molar-refractivity contribution in [1.82, 2.24) is 5.32 Å². The number of anilines is 1. The van der Waals surface area contributed by atoms with Gasteiger partial charge in [0, 0.05) is 11.7 Å². The smallest absolute Gasteiger partial charge is 0.253 e. The Morgan fingerprint density at radius 1 is 1.32 bits per heavy atom. The minimum Gasteiger partial charge on any atom is -0.398 e. The van der Waals surface area contributed by atoms with E-state index in [1.54, 1.807) is 0 Å². The molecule has 0 bridgehead atoms. The van der Waals surface area contributed by atoms with Gasteiger partial charge in [-0.05, 0) is 43.4 Å². The van der Waals surface area contributed by atoms with Crippen molar-refractivity contribution in [3.05, 3.63) is 29.6 Å². The number of halogens is 1. The highest BCUT2D eigenvalue weighted by atomic mass is 19.1. The van der Waals surface area contributed by atoms with E-state index in [4.69, 9.17) is 5.73 Å². The number of rotatable bonds is 2. The van der Waals surface area contributed by atoms with Crippen molar-refractivity contribution in [2.75, 3.05) is 5.73 Å². The van der Waals surface area contributed by atoms with Crippen LogP contribution in [0.5, 0.6) is 0 Å². The first-order valence-electron chi connectivity index (χ1n) is 6.92. The van der Waals surface area contributed by atoms with Gasteiger partial charge in [0.15, 0.2) is 0 Å². The molecule has 3 N–H and O–H groups in total. The zero-order valence-electron chi connectivity index (χ0n) is 11.3. The van der Waals surface area contributed by atoms with E-state index in [0.717, 1.165) is 31.6 Å². The second-order valence-corrected chi connectivity index (χ2v) is 5.52. The van der Waals surface area contributed by atoms with Gasteiger partial charge in [-0.1, -0.05) is 19.8 Å². The number of benzene rings is 1. The van der Waals surface area contributed by atoms with Gasteiger partial charge in [-0.25, -0.2) is 4.39 Å². The molecule has 1 fully saturated rings. The van der Waals surface area contributed by atoms with E-state index in [1.165, 1.54) is 24.6 Å². The predicted molar refractivity (Wildman–Crippen MR) is 74.3 cm³/mol. The fourth-order valence-electron chi connectivity index (χ4n) is 2.62. The molecular formula is C15H21FN2O. The number of nitrogens with one attached hydrogen (secondary N) is 1. The van der Waals surface area contributed by atoms with Crippen LogP contribution >= 0.6 is 0 Å². The van der Waals surface area contributed by atoms with E-state index in [1.807, 2.05) is 0 Å². The van der Waals surface area contributed by atoms with Gasteiger partial charge < -0.3 is 11.1 Å². The summed E-state index contributed by atoms with van der Waals surface area (Å²) < 4.78 is 13.2. The maximum atomic E-state index is 13.2. The normalized spacial score (nSPS) is 23.7. The molecule has 0 aromatic heterocycles. The lowest BCUT2D eigenvalue weighted by Gasteiger charge is -2.17. The van der Waals surface area contributed by atoms with E-state index >= 15 is 0 Å². The number of carbonyl (C=O) groups excluding carboxylic acids is 1. The number of nitrogens with two attached hydrogens (primary N) is 1. The van der Waals surface area contributed by atoms with Crippen molar-refractivity contribution in [2.45, 2.75) is 45.1 Å². The molecule has 0 radical (unpaired) electrons. The molecular weight excluding hydrogens is 243 g/mol. The minimum atomic E-state index is -0.436. The van der Waals surface area contributed by atoms with E-state index in [-0.39, 0.29) is 17.5 Å². The van der Waals surface area contributed by atoms with Gasteiger partial charge in [-0.2, -0.15) is 0 Å². The highest BCUT2D eigenvalue weighted by molar-refractivity contribution is 5.99. The van der Waals surface area contributed by atoms with Gasteiger partial charge in [-0.15, -0.1) is 0 Å². The molecule has 0 saturated heterocycles. The van der Waals surface area contributed by atoms with Gasteiger partial charge in [-0.3, -0.25) is 4.79 Å². The summed E-state index contributed by atoms with van der Waals surface area (Å²) in [5.41, 5.74) is 6.27. The standard InChI is InChI=1S/C15H21FN2O/c1-10-3-2-4-12(7-5-10)18-15(19)13-9-11(16)6-8-14(13)17/h6,8-10,12H,2-5,7,17H2,1H3,(H,18,19). The predicted octanol–water partition coefficient (Wildman–Crippen LogP) is 3.11. The van der Waals surface area contributed by atoms with Crippen molar-refractivity contribution in [3.63, 3.8) is 0 Å². The molecule has 1 amide bonds. The maximum Gasteiger partial charge on any atom is 0.253 e. The SMILES string of the molecule is CC1CCCC(NC(=O)c2cc(F)ccc2N)CC1. The second kappa shape index (κ2) is 6.04. The molecule has 1 aliphatic carbocycles. The Morgan fingerprint density at radius 2 is 2.11 bits per heavy atom. The molecule has 1 aromatic carbocycles. The van der Waals surface area contributed by atoms with Crippen LogP contribution < -0.4 is 11.1 Å². The molecule has 1 aromatic rings. The fourth-order valence-corrected chi connectivity index (χ4v) is 2.62. The molecule has 0 spiro atoms. The second-order valence-electron chi connectivity index (χ2n) is 5.52. The highest BCUT2D eigenvalue weighted by Crippen LogP contribution is 2.23. The van der Waals surface area contributed by atoms with E-state index in [9.17, 15) is 9.18 Å². The first kappa shape index (κ1) is 13.8. The Hall–Kier alpha value is -1.58. The van der Waals surface area contributed by atoms with Crippen LogP contribution in [-0.2, 0) is 0 Å². The van der Waals surface area contributed by atoms with Crippen LogP contribution in [0, 0.1) is 11.7 Å². The Bertz CT molecular complexity index is 461. The van der Waals surface area contributed by atoms with E-state index in [2.05, 4.69) is 12.2 Å². The zero-order valence-corrected chi connectivity index (χ0v) is 11.3. The average molecular weight is 264 g/mol. The Morgan fingerprint density at radius 3 is 2.89 bits per heavy atom. The van der Waals surface area contributed by atoms with Gasteiger partial charge >= 0.3 is 0 Å². The van der Waals surface area contributed by atoms with Gasteiger partial charge in [0.1, 0.15) is 5.82 Å². The first-order chi connectivity index (χ1) is 9.06. The highest BCUT2D eigenvalue weighted by Gasteiger charge is 2.19. The Labute approximate surface area is 113 Å². The lowest BCUT2D eigenvalue weighted by molar-refractivity contribution is 0.0933. The summed E-state index contributed by atoms with van der Waals surface area (Å²) in [7, 11) is 0. The molecule has 1 saturated carbocycles. The van der Waals surface area contributed by atoms with Crippen LogP contribution in [-0.4, -0.2) is 11.9 Å². The minimum absolute atomic E-state index is 0.181. The molecule has 0 heterocycles. The lowest BCUT2D eigenvalue weighted by atomic mass is 10.0. The Balaban J connectivity index is 2.02. The van der Waals surface area contributed by atoms with Gasteiger partial charge in [0.05, 0.1) is 5.56 Å². The molecule has 2 atom stereocenters. The van der Waals surface area contributed by atoms with Crippen LogP contribution in [0.2, 0.25) is 0 Å². The summed E-state index contributed by atoms with van der Waals surface area (Å²) in [5.74, 6) is 0.0199.